The Kier molecular flexibility index (Phi) is 7.90. The van der Waals surface area contributed by atoms with Gasteiger partial charge in [0.1, 0.15) is 11.5 Å². The van der Waals surface area contributed by atoms with Gasteiger partial charge in [-0.25, -0.2) is 9.78 Å². The predicted octanol–water partition coefficient (Wildman–Crippen LogP) is 8.89. The molecule has 1 saturated heterocycles. The van der Waals surface area contributed by atoms with Crippen molar-refractivity contribution in [2.75, 3.05) is 19.4 Å². The van der Waals surface area contributed by atoms with E-state index in [0.717, 1.165) is 16.1 Å². The highest BCUT2D eigenvalue weighted by atomic mass is 79.9. The molecule has 12 heteroatoms. The van der Waals surface area contributed by atoms with Crippen molar-refractivity contribution in [3.63, 3.8) is 0 Å². The van der Waals surface area contributed by atoms with Crippen LogP contribution in [0.3, 0.4) is 0 Å². The lowest BCUT2D eigenvalue weighted by Gasteiger charge is -2.46. The van der Waals surface area contributed by atoms with Crippen molar-refractivity contribution in [2.24, 2.45) is 0 Å². The van der Waals surface area contributed by atoms with Crippen molar-refractivity contribution in [3.8, 4) is 22.8 Å². The van der Waals surface area contributed by atoms with Gasteiger partial charge < -0.3 is 19.9 Å². The average molecular weight is 700 g/mol. The summed E-state index contributed by atoms with van der Waals surface area (Å²) in [6.45, 7) is 1.82. The van der Waals surface area contributed by atoms with Crippen LogP contribution in [0.1, 0.15) is 34.3 Å². The van der Waals surface area contributed by atoms with Gasteiger partial charge in [0.2, 0.25) is 0 Å². The van der Waals surface area contributed by atoms with E-state index >= 15 is 0 Å². The van der Waals surface area contributed by atoms with Crippen molar-refractivity contribution in [2.45, 2.75) is 31.7 Å². The first-order valence-corrected chi connectivity index (χ1v) is 17.1. The Morgan fingerprint density at radius 3 is 2.40 bits per heavy atom. The number of methoxy groups -OCH3 is 1. The molecule has 0 spiro atoms. The fourth-order valence-electron chi connectivity index (χ4n) is 6.39. The van der Waals surface area contributed by atoms with Crippen LogP contribution in [-0.2, 0) is 0 Å². The maximum absolute atomic E-state index is 14.5. The summed E-state index contributed by atoms with van der Waals surface area (Å²) in [5.41, 5.74) is 1.25. The summed E-state index contributed by atoms with van der Waals surface area (Å²) in [6, 6.07) is 18.8. The number of hydrogen-bond acceptors (Lipinski definition) is 5. The SMILES string of the molecule is COc1ccc(OC(F)(F)F)c(C2=C[P+]3(C(=O)O)CCC2(NC(=O)c2c(C)c(-c4ccccc4)nc4ccc(Br)cc24)CC3)c1. The van der Waals surface area contributed by atoms with Gasteiger partial charge >= 0.3 is 12.1 Å². The Balaban J connectivity index is 1.53. The minimum Gasteiger partial charge on any atom is -0.497 e. The highest BCUT2D eigenvalue weighted by molar-refractivity contribution is 9.10. The van der Waals surface area contributed by atoms with E-state index in [9.17, 15) is 27.9 Å². The Morgan fingerprint density at radius 1 is 1.04 bits per heavy atom. The quantitative estimate of drug-likeness (QED) is 0.187. The minimum atomic E-state index is -5.00. The highest BCUT2D eigenvalue weighted by Crippen LogP contribution is 2.72. The van der Waals surface area contributed by atoms with Gasteiger partial charge in [-0.05, 0) is 48.9 Å². The second-order valence-electron chi connectivity index (χ2n) is 11.2. The summed E-state index contributed by atoms with van der Waals surface area (Å²) >= 11 is 3.50. The van der Waals surface area contributed by atoms with E-state index < -0.39 is 36.5 Å². The molecular weight excluding hydrogens is 672 g/mol. The molecule has 1 amide bonds. The molecule has 1 fully saturated rings. The van der Waals surface area contributed by atoms with Crippen LogP contribution in [0, 0.1) is 6.92 Å². The molecule has 7 rings (SSSR count). The summed E-state index contributed by atoms with van der Waals surface area (Å²) in [4.78, 5) is 32.0. The molecule has 4 heterocycles. The first kappa shape index (κ1) is 31.0. The van der Waals surface area contributed by atoms with Gasteiger partial charge in [-0.2, -0.15) is 0 Å². The fourth-order valence-corrected chi connectivity index (χ4v) is 10.2. The van der Waals surface area contributed by atoms with Gasteiger partial charge in [0.05, 0.1) is 47.6 Å². The lowest BCUT2D eigenvalue weighted by molar-refractivity contribution is -0.274. The molecule has 3 aliphatic heterocycles. The molecule has 4 aromatic rings. The average Bonchev–Trinajstić information content (AvgIpc) is 3.01. The van der Waals surface area contributed by atoms with Crippen LogP contribution in [0.25, 0.3) is 27.7 Å². The number of rotatable bonds is 7. The molecule has 0 aliphatic carbocycles. The second-order valence-corrected chi connectivity index (χ2v) is 15.8. The van der Waals surface area contributed by atoms with Crippen LogP contribution in [-0.4, -0.2) is 53.0 Å². The first-order valence-electron chi connectivity index (χ1n) is 14.1. The van der Waals surface area contributed by atoms with Gasteiger partial charge in [-0.3, -0.25) is 4.79 Å². The monoisotopic (exact) mass is 699 g/mol. The number of carbonyl (C=O) groups excluding carboxylic acids is 1. The summed E-state index contributed by atoms with van der Waals surface area (Å²) < 4.78 is 51.1. The molecule has 3 aromatic carbocycles. The minimum absolute atomic E-state index is 0.0287. The number of nitrogens with one attached hydrogen (secondary N) is 1. The van der Waals surface area contributed by atoms with Crippen LogP contribution in [0.5, 0.6) is 11.5 Å². The van der Waals surface area contributed by atoms with Crippen molar-refractivity contribution in [1.29, 1.82) is 0 Å². The normalized spacial score (nSPS) is 20.9. The Bertz CT molecular complexity index is 1870. The van der Waals surface area contributed by atoms with E-state index in [-0.39, 0.29) is 24.2 Å². The number of benzene rings is 3. The van der Waals surface area contributed by atoms with Crippen molar-refractivity contribution in [3.05, 3.63) is 93.7 Å². The lowest BCUT2D eigenvalue weighted by Crippen LogP contribution is -2.55. The van der Waals surface area contributed by atoms with Crippen LogP contribution < -0.4 is 14.8 Å². The third kappa shape index (κ3) is 5.68. The summed E-state index contributed by atoms with van der Waals surface area (Å²) in [5, 5.41) is 14.1. The highest BCUT2D eigenvalue weighted by Gasteiger charge is 2.60. The van der Waals surface area contributed by atoms with Crippen LogP contribution >= 0.6 is 23.2 Å². The topological polar surface area (TPSA) is 97.8 Å². The summed E-state index contributed by atoms with van der Waals surface area (Å²) in [6.07, 6.45) is -3.90. The summed E-state index contributed by atoms with van der Waals surface area (Å²) in [7, 11) is -1.36. The molecule has 3 aliphatic rings. The Morgan fingerprint density at radius 2 is 1.76 bits per heavy atom. The molecule has 45 heavy (non-hydrogen) atoms. The molecule has 232 valence electrons. The number of fused-ring (bicyclic) bond motifs is 3. The molecular formula is C33H28BrF3N2O5P+. The van der Waals surface area contributed by atoms with Gasteiger partial charge in [0, 0.05) is 39.4 Å². The number of pyridine rings is 1. The van der Waals surface area contributed by atoms with Crippen molar-refractivity contribution >= 4 is 51.3 Å². The van der Waals surface area contributed by atoms with Crippen LogP contribution in [0.4, 0.5) is 18.0 Å². The van der Waals surface area contributed by atoms with Crippen LogP contribution in [0.15, 0.2) is 77.0 Å². The fraction of sp³-hybridized carbons (Fsp3) is 0.242. The molecule has 0 saturated carbocycles. The zero-order valence-corrected chi connectivity index (χ0v) is 26.7. The molecule has 0 unspecified atom stereocenters. The van der Waals surface area contributed by atoms with Gasteiger partial charge in [-0.15, -0.1) is 13.2 Å². The standard InChI is InChI=1S/C33H27BrF3N2O5P/c1-19-28(24-16-21(34)8-10-26(24)38-29(19)20-6-4-3-5-7-20)30(40)39-32-12-14-45(15-13-32,31(41)42)18-25(32)23-17-22(43-2)9-11-27(23)44-33(35,36)37/h3-11,16-18H,12-15H2,1-2H3,(H-,39,40,41,42)/p+1. The number of nitrogens with zero attached hydrogens (tertiary/aromatic N) is 1. The number of amides is 1. The maximum Gasteiger partial charge on any atom is 0.573 e. The van der Waals surface area contributed by atoms with Gasteiger partial charge in [-0.1, -0.05) is 46.3 Å². The maximum atomic E-state index is 14.5. The van der Waals surface area contributed by atoms with E-state index in [2.05, 4.69) is 26.0 Å². The first-order chi connectivity index (χ1) is 21.3. The number of alkyl halides is 3. The van der Waals surface area contributed by atoms with E-state index in [1.807, 2.05) is 55.5 Å². The second kappa shape index (κ2) is 11.4. The number of ether oxygens (including phenoxy) is 2. The number of halogens is 4. The molecule has 7 nitrogen and oxygen atoms in total. The van der Waals surface area contributed by atoms with Gasteiger partial charge in [0.25, 0.3) is 5.91 Å². The van der Waals surface area contributed by atoms with Crippen molar-refractivity contribution in [1.82, 2.24) is 10.3 Å². The zero-order chi connectivity index (χ0) is 32.1. The van der Waals surface area contributed by atoms with E-state index in [0.29, 0.717) is 45.6 Å². The van der Waals surface area contributed by atoms with E-state index in [1.54, 1.807) is 5.82 Å². The number of carboxylic acid groups (broad SMARTS) is 1. The zero-order valence-electron chi connectivity index (χ0n) is 24.2. The van der Waals surface area contributed by atoms with Crippen molar-refractivity contribution < 1.29 is 37.3 Å². The molecule has 0 radical (unpaired) electrons. The van der Waals surface area contributed by atoms with E-state index in [4.69, 9.17) is 9.72 Å². The molecule has 0 atom stereocenters. The molecule has 2 N–H and O–H groups in total. The molecule has 1 aromatic heterocycles. The third-order valence-corrected chi connectivity index (χ3v) is 12.7. The lowest BCUT2D eigenvalue weighted by atomic mass is 9.79. The Hall–Kier alpha value is -3.95. The molecule has 2 bridgehead atoms. The smallest absolute Gasteiger partial charge is 0.497 e. The Labute approximate surface area is 265 Å². The number of aromatic nitrogens is 1. The van der Waals surface area contributed by atoms with Gasteiger partial charge in [0.15, 0.2) is 7.26 Å². The third-order valence-electron chi connectivity index (χ3n) is 8.67. The van der Waals surface area contributed by atoms with E-state index in [1.165, 1.54) is 19.2 Å². The number of carbonyl (C=O) groups is 2. The van der Waals surface area contributed by atoms with Crippen LogP contribution in [0.2, 0.25) is 0 Å². The number of hydrogen-bond donors (Lipinski definition) is 2. The largest absolute Gasteiger partial charge is 0.573 e. The summed E-state index contributed by atoms with van der Waals surface area (Å²) in [5.74, 6) is 0.926. The predicted molar refractivity (Wildman–Crippen MR) is 171 cm³/mol.